The van der Waals surface area contributed by atoms with Crippen molar-refractivity contribution in [2.45, 2.75) is 26.7 Å². The molecule has 0 spiro atoms. The second-order valence-electron chi connectivity index (χ2n) is 7.79. The van der Waals surface area contributed by atoms with Crippen LogP contribution in [0.4, 0.5) is 0 Å². The summed E-state index contributed by atoms with van der Waals surface area (Å²) in [6.45, 7) is 6.39. The smallest absolute Gasteiger partial charge is 0.0118 e. The molecular formula is C29H27. The van der Waals surface area contributed by atoms with Crippen LogP contribution in [-0.2, 0) is 0 Å². The molecule has 0 nitrogen and oxygen atoms in total. The molecule has 4 aromatic rings. The average molecular weight is 376 g/mol. The third-order valence-corrected chi connectivity index (χ3v) is 5.64. The second kappa shape index (κ2) is 8.49. The summed E-state index contributed by atoms with van der Waals surface area (Å²) in [4.78, 5) is 0. The van der Waals surface area contributed by atoms with Crippen molar-refractivity contribution in [2.24, 2.45) is 0 Å². The molecule has 0 fully saturated rings. The van der Waals surface area contributed by atoms with E-state index in [0.717, 1.165) is 0 Å². The molecule has 0 amide bonds. The molecule has 29 heavy (non-hydrogen) atoms. The Labute approximate surface area is 174 Å². The summed E-state index contributed by atoms with van der Waals surface area (Å²) in [6, 6.07) is 35.4. The largest absolute Gasteiger partial charge is 0.0613 e. The SMILES string of the molecule is C[CH]C(c1ccc(-c2ccc(C)cc2)cc1)c1ccc(-c2ccc(C)cc2)cc1. The van der Waals surface area contributed by atoms with Crippen molar-refractivity contribution in [3.05, 3.63) is 126 Å². The van der Waals surface area contributed by atoms with E-state index in [1.54, 1.807) is 0 Å². The van der Waals surface area contributed by atoms with Gasteiger partial charge in [0.2, 0.25) is 0 Å². The van der Waals surface area contributed by atoms with Crippen LogP contribution in [0.5, 0.6) is 0 Å². The predicted molar refractivity (Wildman–Crippen MR) is 125 cm³/mol. The van der Waals surface area contributed by atoms with Crippen LogP contribution in [0.2, 0.25) is 0 Å². The first-order valence-electron chi connectivity index (χ1n) is 10.3. The molecule has 0 N–H and O–H groups in total. The first-order chi connectivity index (χ1) is 14.1. The zero-order valence-electron chi connectivity index (χ0n) is 17.4. The van der Waals surface area contributed by atoms with E-state index < -0.39 is 0 Å². The van der Waals surface area contributed by atoms with Crippen LogP contribution in [0.1, 0.15) is 35.1 Å². The molecule has 0 unspecified atom stereocenters. The summed E-state index contributed by atoms with van der Waals surface area (Å²) in [5.74, 6) is 0.300. The standard InChI is InChI=1S/C29H27/c1-4-29(27-17-13-25(14-18-27)23-9-5-21(2)6-10-23)28-19-15-26(16-20-28)24-11-7-22(3)8-12-24/h4-20,29H,1-3H3. The van der Waals surface area contributed by atoms with Gasteiger partial charge in [-0.2, -0.15) is 0 Å². The molecule has 0 heterocycles. The minimum Gasteiger partial charge on any atom is -0.0613 e. The van der Waals surface area contributed by atoms with Crippen LogP contribution in [0, 0.1) is 20.3 Å². The summed E-state index contributed by atoms with van der Waals surface area (Å²) < 4.78 is 0. The maximum Gasteiger partial charge on any atom is 0.0118 e. The van der Waals surface area contributed by atoms with Crippen LogP contribution < -0.4 is 0 Å². The van der Waals surface area contributed by atoms with Gasteiger partial charge in [-0.3, -0.25) is 0 Å². The van der Waals surface area contributed by atoms with E-state index in [-0.39, 0.29) is 0 Å². The molecule has 0 aromatic heterocycles. The minimum atomic E-state index is 0.300. The Morgan fingerprint density at radius 2 is 0.724 bits per heavy atom. The highest BCUT2D eigenvalue weighted by Crippen LogP contribution is 2.31. The molecule has 4 rings (SSSR count). The van der Waals surface area contributed by atoms with Gasteiger partial charge in [0.25, 0.3) is 0 Å². The number of hydrogen-bond acceptors (Lipinski definition) is 0. The van der Waals surface area contributed by atoms with Gasteiger partial charge in [0, 0.05) is 5.92 Å². The van der Waals surface area contributed by atoms with Crippen molar-refractivity contribution in [1.82, 2.24) is 0 Å². The van der Waals surface area contributed by atoms with Gasteiger partial charge in [0.05, 0.1) is 0 Å². The highest BCUT2D eigenvalue weighted by Gasteiger charge is 2.13. The highest BCUT2D eigenvalue weighted by atomic mass is 14.2. The van der Waals surface area contributed by atoms with Crippen LogP contribution in [0.25, 0.3) is 22.3 Å². The van der Waals surface area contributed by atoms with Gasteiger partial charge < -0.3 is 0 Å². The summed E-state index contributed by atoms with van der Waals surface area (Å²) in [5.41, 5.74) is 10.3. The Kier molecular flexibility index (Phi) is 5.62. The Morgan fingerprint density at radius 3 is 1.00 bits per heavy atom. The maximum atomic E-state index is 2.28. The fourth-order valence-electron chi connectivity index (χ4n) is 3.84. The molecule has 0 atom stereocenters. The van der Waals surface area contributed by atoms with Crippen molar-refractivity contribution in [3.8, 4) is 22.3 Å². The predicted octanol–water partition coefficient (Wildman–Crippen LogP) is 7.99. The second-order valence-corrected chi connectivity index (χ2v) is 7.79. The lowest BCUT2D eigenvalue weighted by atomic mass is 9.87. The van der Waals surface area contributed by atoms with Crippen molar-refractivity contribution >= 4 is 0 Å². The van der Waals surface area contributed by atoms with Crippen molar-refractivity contribution in [3.63, 3.8) is 0 Å². The fraction of sp³-hybridized carbons (Fsp3) is 0.138. The normalized spacial score (nSPS) is 11.0. The summed E-state index contributed by atoms with van der Waals surface area (Å²) in [6.07, 6.45) is 2.28. The quantitative estimate of drug-likeness (QED) is 0.331. The van der Waals surface area contributed by atoms with E-state index in [1.807, 2.05) is 0 Å². The van der Waals surface area contributed by atoms with E-state index >= 15 is 0 Å². The first-order valence-corrected chi connectivity index (χ1v) is 10.3. The molecule has 4 aromatic carbocycles. The van der Waals surface area contributed by atoms with Gasteiger partial charge >= 0.3 is 0 Å². The number of benzene rings is 4. The number of hydrogen-bond donors (Lipinski definition) is 0. The van der Waals surface area contributed by atoms with Crippen LogP contribution >= 0.6 is 0 Å². The molecule has 0 saturated carbocycles. The zero-order valence-corrected chi connectivity index (χ0v) is 17.4. The van der Waals surface area contributed by atoms with Crippen molar-refractivity contribution < 1.29 is 0 Å². The lowest BCUT2D eigenvalue weighted by Gasteiger charge is -2.17. The Hall–Kier alpha value is -3.12. The van der Waals surface area contributed by atoms with E-state index in [0.29, 0.717) is 5.92 Å². The van der Waals surface area contributed by atoms with Crippen LogP contribution in [0.3, 0.4) is 0 Å². The summed E-state index contributed by atoms with van der Waals surface area (Å²) >= 11 is 0. The number of rotatable bonds is 5. The average Bonchev–Trinajstić information content (AvgIpc) is 2.76. The fourth-order valence-corrected chi connectivity index (χ4v) is 3.84. The van der Waals surface area contributed by atoms with Crippen molar-refractivity contribution in [1.29, 1.82) is 0 Å². The number of aryl methyl sites for hydroxylation is 2. The molecule has 143 valence electrons. The molecule has 0 aliphatic rings. The molecule has 0 heteroatoms. The lowest BCUT2D eigenvalue weighted by molar-refractivity contribution is 0.941. The minimum absolute atomic E-state index is 0.300. The van der Waals surface area contributed by atoms with Gasteiger partial charge in [-0.1, -0.05) is 115 Å². The molecule has 0 bridgehead atoms. The maximum absolute atomic E-state index is 2.28. The Bertz CT molecular complexity index is 962. The van der Waals surface area contributed by atoms with Crippen LogP contribution in [-0.4, -0.2) is 0 Å². The van der Waals surface area contributed by atoms with E-state index in [2.05, 4.69) is 124 Å². The van der Waals surface area contributed by atoms with Gasteiger partial charge in [-0.15, -0.1) is 0 Å². The third kappa shape index (κ3) is 4.32. The van der Waals surface area contributed by atoms with Gasteiger partial charge in [0.15, 0.2) is 0 Å². The van der Waals surface area contributed by atoms with E-state index in [9.17, 15) is 0 Å². The summed E-state index contributed by atoms with van der Waals surface area (Å²) in [5, 5.41) is 0. The highest BCUT2D eigenvalue weighted by molar-refractivity contribution is 5.65. The van der Waals surface area contributed by atoms with E-state index in [4.69, 9.17) is 0 Å². The van der Waals surface area contributed by atoms with Gasteiger partial charge in [-0.25, -0.2) is 0 Å². The third-order valence-electron chi connectivity index (χ3n) is 5.64. The molecule has 0 saturated heterocycles. The molecule has 0 aliphatic carbocycles. The Morgan fingerprint density at radius 1 is 0.448 bits per heavy atom. The molecule has 1 radical (unpaired) electrons. The Balaban J connectivity index is 1.56. The first kappa shape index (κ1) is 19.2. The topological polar surface area (TPSA) is 0 Å². The summed E-state index contributed by atoms with van der Waals surface area (Å²) in [7, 11) is 0. The van der Waals surface area contributed by atoms with Gasteiger partial charge in [-0.05, 0) is 53.6 Å². The monoisotopic (exact) mass is 375 g/mol. The van der Waals surface area contributed by atoms with Crippen molar-refractivity contribution in [2.75, 3.05) is 0 Å². The van der Waals surface area contributed by atoms with Crippen LogP contribution in [0.15, 0.2) is 97.1 Å². The zero-order chi connectivity index (χ0) is 20.2. The molecular weight excluding hydrogens is 348 g/mol. The van der Waals surface area contributed by atoms with E-state index in [1.165, 1.54) is 44.5 Å². The molecule has 0 aliphatic heterocycles. The van der Waals surface area contributed by atoms with Gasteiger partial charge in [0.1, 0.15) is 0 Å². The lowest BCUT2D eigenvalue weighted by Crippen LogP contribution is -2.00.